The molecule has 16 heteroatoms. The highest BCUT2D eigenvalue weighted by molar-refractivity contribution is 5.94. The molecule has 1 aromatic rings. The summed E-state index contributed by atoms with van der Waals surface area (Å²) in [5, 5.41) is 16.4. The molecule has 36 heavy (non-hydrogen) atoms. The standard InChI is InChI=1S/C20H34N10O6/c1-10(19(35)36)28-17(33)13(3-2-6-26-20(23)24)29-18(34)14(7-11-8-25-9-27-11)30-16(32)12(21)4-5-15(22)31/h8-10,12-14H,2-7,21H2,1H3,(H2,22,31)(H,25,27)(H,28,33)(H,29,34)(H,30,32)(H,35,36)(H4,23,24,26). The molecule has 0 saturated heterocycles. The second-order valence-corrected chi connectivity index (χ2v) is 8.03. The molecule has 16 nitrogen and oxygen atoms in total. The monoisotopic (exact) mass is 510 g/mol. The normalized spacial score (nSPS) is 13.9. The lowest BCUT2D eigenvalue weighted by atomic mass is 10.1. The summed E-state index contributed by atoms with van der Waals surface area (Å²) in [4.78, 5) is 71.0. The Morgan fingerprint density at radius 1 is 1.03 bits per heavy atom. The zero-order chi connectivity index (χ0) is 27.3. The van der Waals surface area contributed by atoms with E-state index in [1.54, 1.807) is 0 Å². The second-order valence-electron chi connectivity index (χ2n) is 8.03. The lowest BCUT2D eigenvalue weighted by Gasteiger charge is -2.24. The fourth-order valence-electron chi connectivity index (χ4n) is 2.95. The smallest absolute Gasteiger partial charge is 0.325 e. The van der Waals surface area contributed by atoms with Gasteiger partial charge in [-0.1, -0.05) is 0 Å². The number of aromatic amines is 1. The zero-order valence-corrected chi connectivity index (χ0v) is 19.9. The van der Waals surface area contributed by atoms with Crippen LogP contribution in [0.15, 0.2) is 17.5 Å². The van der Waals surface area contributed by atoms with Gasteiger partial charge in [0.1, 0.15) is 18.1 Å². The Balaban J connectivity index is 3.01. The molecule has 1 heterocycles. The Morgan fingerprint density at radius 3 is 2.22 bits per heavy atom. The third-order valence-electron chi connectivity index (χ3n) is 4.96. The molecule has 0 spiro atoms. The number of imidazole rings is 1. The average Bonchev–Trinajstić information content (AvgIpc) is 3.31. The third-order valence-corrected chi connectivity index (χ3v) is 4.96. The van der Waals surface area contributed by atoms with Gasteiger partial charge in [-0.25, -0.2) is 4.98 Å². The number of carbonyl (C=O) groups is 5. The molecule has 1 aromatic heterocycles. The van der Waals surface area contributed by atoms with Gasteiger partial charge in [0.2, 0.25) is 23.6 Å². The predicted octanol–water partition coefficient (Wildman–Crippen LogP) is -3.84. The van der Waals surface area contributed by atoms with Gasteiger partial charge in [-0.3, -0.25) is 29.0 Å². The molecule has 13 N–H and O–H groups in total. The molecular formula is C20H34N10O6. The second kappa shape index (κ2) is 14.9. The molecule has 1 rings (SSSR count). The fourth-order valence-corrected chi connectivity index (χ4v) is 2.95. The Morgan fingerprint density at radius 2 is 1.67 bits per heavy atom. The summed E-state index contributed by atoms with van der Waals surface area (Å²) in [7, 11) is 0. The number of nitrogens with two attached hydrogens (primary N) is 4. The van der Waals surface area contributed by atoms with Crippen molar-refractivity contribution in [3.8, 4) is 0 Å². The summed E-state index contributed by atoms with van der Waals surface area (Å²) in [5.74, 6) is -4.21. The Kier molecular flexibility index (Phi) is 12.4. The van der Waals surface area contributed by atoms with Crippen LogP contribution in [-0.4, -0.2) is 81.3 Å². The highest BCUT2D eigenvalue weighted by Crippen LogP contribution is 2.05. The number of carboxylic acid groups (broad SMARTS) is 1. The van der Waals surface area contributed by atoms with E-state index in [1.165, 1.54) is 19.4 Å². The minimum absolute atomic E-state index is 0.0199. The largest absolute Gasteiger partial charge is 0.480 e. The number of carboxylic acids is 1. The van der Waals surface area contributed by atoms with Crippen LogP contribution in [0.5, 0.6) is 0 Å². The molecule has 0 aliphatic rings. The summed E-state index contributed by atoms with van der Waals surface area (Å²) in [5.41, 5.74) is 22.0. The van der Waals surface area contributed by atoms with Crippen molar-refractivity contribution in [2.45, 2.75) is 63.2 Å². The van der Waals surface area contributed by atoms with Crippen LogP contribution in [-0.2, 0) is 30.4 Å². The summed E-state index contributed by atoms with van der Waals surface area (Å²) in [6, 6.07) is -4.65. The number of nitrogens with one attached hydrogen (secondary N) is 4. The van der Waals surface area contributed by atoms with Gasteiger partial charge < -0.3 is 49.0 Å². The lowest BCUT2D eigenvalue weighted by molar-refractivity contribution is -0.141. The van der Waals surface area contributed by atoms with E-state index in [1.807, 2.05) is 0 Å². The highest BCUT2D eigenvalue weighted by Gasteiger charge is 2.29. The number of rotatable bonds is 16. The molecule has 200 valence electrons. The molecule has 0 saturated carbocycles. The van der Waals surface area contributed by atoms with E-state index < -0.39 is 53.8 Å². The van der Waals surface area contributed by atoms with E-state index in [2.05, 4.69) is 30.9 Å². The van der Waals surface area contributed by atoms with E-state index in [0.717, 1.165) is 0 Å². The van der Waals surface area contributed by atoms with E-state index in [0.29, 0.717) is 5.69 Å². The number of aliphatic imine (C=N–C) groups is 1. The minimum atomic E-state index is -1.26. The first kappa shape index (κ1) is 29.8. The lowest BCUT2D eigenvalue weighted by Crippen LogP contribution is -2.57. The summed E-state index contributed by atoms with van der Waals surface area (Å²) in [6.07, 6.45) is 3.03. The SMILES string of the molecule is CC(NC(=O)C(CCCN=C(N)N)NC(=O)C(Cc1cnc[nH]1)NC(=O)C(N)CCC(N)=O)C(=O)O. The van der Waals surface area contributed by atoms with Crippen molar-refractivity contribution in [1.82, 2.24) is 25.9 Å². The third kappa shape index (κ3) is 11.3. The topological polar surface area (TPSA) is 287 Å². The van der Waals surface area contributed by atoms with Crippen LogP contribution in [0.3, 0.4) is 0 Å². The van der Waals surface area contributed by atoms with Crippen molar-refractivity contribution in [2.24, 2.45) is 27.9 Å². The number of primary amides is 1. The number of amides is 4. The van der Waals surface area contributed by atoms with Gasteiger partial charge in [0.25, 0.3) is 0 Å². The van der Waals surface area contributed by atoms with Crippen LogP contribution in [0, 0.1) is 0 Å². The van der Waals surface area contributed by atoms with E-state index >= 15 is 0 Å². The van der Waals surface area contributed by atoms with E-state index in [9.17, 15) is 24.0 Å². The average molecular weight is 511 g/mol. The number of aromatic nitrogens is 2. The number of hydrogen-bond acceptors (Lipinski definition) is 8. The van der Waals surface area contributed by atoms with Crippen molar-refractivity contribution >= 4 is 35.6 Å². The van der Waals surface area contributed by atoms with Gasteiger partial charge in [-0.15, -0.1) is 0 Å². The predicted molar refractivity (Wildman–Crippen MR) is 128 cm³/mol. The van der Waals surface area contributed by atoms with Crippen LogP contribution in [0.2, 0.25) is 0 Å². The molecule has 0 aliphatic carbocycles. The van der Waals surface area contributed by atoms with Crippen molar-refractivity contribution in [3.63, 3.8) is 0 Å². The van der Waals surface area contributed by atoms with Gasteiger partial charge in [-0.05, 0) is 26.2 Å². The molecule has 0 bridgehead atoms. The van der Waals surface area contributed by atoms with Crippen LogP contribution in [0.1, 0.15) is 38.3 Å². The summed E-state index contributed by atoms with van der Waals surface area (Å²) < 4.78 is 0. The fraction of sp³-hybridized carbons (Fsp3) is 0.550. The molecule has 4 unspecified atom stereocenters. The van der Waals surface area contributed by atoms with Crippen LogP contribution >= 0.6 is 0 Å². The maximum absolute atomic E-state index is 13.1. The minimum Gasteiger partial charge on any atom is -0.480 e. The number of hydrogen-bond donors (Lipinski definition) is 9. The van der Waals surface area contributed by atoms with Crippen molar-refractivity contribution < 1.29 is 29.1 Å². The Hall–Kier alpha value is -4.21. The van der Waals surface area contributed by atoms with Crippen molar-refractivity contribution in [3.05, 3.63) is 18.2 Å². The number of carbonyl (C=O) groups excluding carboxylic acids is 4. The molecule has 4 amide bonds. The highest BCUT2D eigenvalue weighted by atomic mass is 16.4. The van der Waals surface area contributed by atoms with Gasteiger partial charge in [0.15, 0.2) is 5.96 Å². The Bertz CT molecular complexity index is 931. The number of guanidine groups is 1. The van der Waals surface area contributed by atoms with Gasteiger partial charge in [-0.2, -0.15) is 0 Å². The molecule has 0 aliphatic heterocycles. The van der Waals surface area contributed by atoms with Crippen LogP contribution < -0.4 is 38.9 Å². The van der Waals surface area contributed by atoms with Gasteiger partial charge >= 0.3 is 5.97 Å². The molecular weight excluding hydrogens is 476 g/mol. The number of H-pyrrole nitrogens is 1. The number of nitrogens with zero attached hydrogens (tertiary/aromatic N) is 2. The van der Waals surface area contributed by atoms with Gasteiger partial charge in [0.05, 0.1) is 12.4 Å². The molecule has 0 fully saturated rings. The van der Waals surface area contributed by atoms with Crippen LogP contribution in [0.4, 0.5) is 0 Å². The van der Waals surface area contributed by atoms with Gasteiger partial charge in [0, 0.05) is 31.3 Å². The Labute approximate surface area is 207 Å². The zero-order valence-electron chi connectivity index (χ0n) is 19.9. The van der Waals surface area contributed by atoms with E-state index in [-0.39, 0.29) is 44.6 Å². The molecule has 4 atom stereocenters. The molecule has 0 radical (unpaired) electrons. The first-order valence-corrected chi connectivity index (χ1v) is 11.1. The van der Waals surface area contributed by atoms with Crippen LogP contribution in [0.25, 0.3) is 0 Å². The number of aliphatic carboxylic acids is 1. The van der Waals surface area contributed by atoms with Crippen molar-refractivity contribution in [2.75, 3.05) is 6.54 Å². The molecule has 0 aromatic carbocycles. The maximum atomic E-state index is 13.1. The van der Waals surface area contributed by atoms with Crippen molar-refractivity contribution in [1.29, 1.82) is 0 Å². The summed E-state index contributed by atoms with van der Waals surface area (Å²) in [6.45, 7) is 1.44. The quantitative estimate of drug-likeness (QED) is 0.0592. The maximum Gasteiger partial charge on any atom is 0.325 e. The van der Waals surface area contributed by atoms with E-state index in [4.69, 9.17) is 28.0 Å². The first-order chi connectivity index (χ1) is 16.9. The first-order valence-electron chi connectivity index (χ1n) is 11.1. The summed E-state index contributed by atoms with van der Waals surface area (Å²) >= 11 is 0.